The fraction of sp³-hybridized carbons (Fsp3) is 0.538. The van der Waals surface area contributed by atoms with Crippen LogP contribution in [0.25, 0.3) is 0 Å². The standard InChI is InChI=1S/C13H18F3NO/c1-3-5-11(17)10-8-9(13(14,15)16)6-7-12(10)18-4-2/h6-8,11H,3-5,17H2,1-2H3. The van der Waals surface area contributed by atoms with E-state index in [1.54, 1.807) is 6.92 Å². The maximum absolute atomic E-state index is 12.7. The minimum atomic E-state index is -4.36. The van der Waals surface area contributed by atoms with Gasteiger partial charge in [0.15, 0.2) is 0 Å². The molecular formula is C13H18F3NO. The molecule has 1 rings (SSSR count). The van der Waals surface area contributed by atoms with Gasteiger partial charge in [0.2, 0.25) is 0 Å². The second kappa shape index (κ2) is 6.09. The average molecular weight is 261 g/mol. The summed E-state index contributed by atoms with van der Waals surface area (Å²) in [5.74, 6) is 0.437. The van der Waals surface area contributed by atoms with E-state index in [4.69, 9.17) is 10.5 Å². The van der Waals surface area contributed by atoms with Gasteiger partial charge in [-0.2, -0.15) is 13.2 Å². The van der Waals surface area contributed by atoms with Gasteiger partial charge in [-0.05, 0) is 31.5 Å². The number of benzene rings is 1. The van der Waals surface area contributed by atoms with Crippen LogP contribution in [0.15, 0.2) is 18.2 Å². The maximum Gasteiger partial charge on any atom is 0.416 e. The lowest BCUT2D eigenvalue weighted by Crippen LogP contribution is -2.14. The summed E-state index contributed by atoms with van der Waals surface area (Å²) in [6, 6.07) is 3.02. The molecule has 0 heterocycles. The molecule has 0 spiro atoms. The first-order chi connectivity index (χ1) is 8.40. The van der Waals surface area contributed by atoms with E-state index in [9.17, 15) is 13.2 Å². The van der Waals surface area contributed by atoms with Crippen LogP contribution in [0, 0.1) is 0 Å². The summed E-state index contributed by atoms with van der Waals surface area (Å²) in [6.07, 6.45) is -2.92. The van der Waals surface area contributed by atoms with Crippen LogP contribution in [0.4, 0.5) is 13.2 Å². The number of nitrogens with two attached hydrogens (primary N) is 1. The molecule has 102 valence electrons. The number of ether oxygens (including phenoxy) is 1. The van der Waals surface area contributed by atoms with E-state index in [2.05, 4.69) is 0 Å². The zero-order valence-corrected chi connectivity index (χ0v) is 10.6. The van der Waals surface area contributed by atoms with Crippen molar-refractivity contribution in [1.82, 2.24) is 0 Å². The molecule has 0 aliphatic rings. The van der Waals surface area contributed by atoms with E-state index in [0.717, 1.165) is 18.6 Å². The van der Waals surface area contributed by atoms with Gasteiger partial charge in [-0.25, -0.2) is 0 Å². The third kappa shape index (κ3) is 3.63. The third-order valence-electron chi connectivity index (χ3n) is 2.64. The fourth-order valence-electron chi connectivity index (χ4n) is 1.77. The number of rotatable bonds is 5. The SMILES string of the molecule is CCCC(N)c1cc(C(F)(F)F)ccc1OCC. The number of hydrogen-bond donors (Lipinski definition) is 1. The molecule has 0 aliphatic carbocycles. The van der Waals surface area contributed by atoms with Crippen LogP contribution in [-0.2, 0) is 6.18 Å². The number of halogens is 3. The summed E-state index contributed by atoms with van der Waals surface area (Å²) >= 11 is 0. The van der Waals surface area contributed by atoms with Crippen molar-refractivity contribution in [3.8, 4) is 5.75 Å². The van der Waals surface area contributed by atoms with Gasteiger partial charge in [0, 0.05) is 11.6 Å². The molecule has 1 unspecified atom stereocenters. The highest BCUT2D eigenvalue weighted by Gasteiger charge is 2.31. The average Bonchev–Trinajstić information content (AvgIpc) is 2.28. The van der Waals surface area contributed by atoms with Gasteiger partial charge in [0.1, 0.15) is 5.75 Å². The first-order valence-corrected chi connectivity index (χ1v) is 5.99. The van der Waals surface area contributed by atoms with Crippen LogP contribution >= 0.6 is 0 Å². The molecule has 0 saturated carbocycles. The van der Waals surface area contributed by atoms with E-state index in [1.165, 1.54) is 6.07 Å². The lowest BCUT2D eigenvalue weighted by atomic mass is 9.99. The molecule has 0 fully saturated rings. The predicted octanol–water partition coefficient (Wildman–Crippen LogP) is 3.90. The topological polar surface area (TPSA) is 35.2 Å². The van der Waals surface area contributed by atoms with Crippen molar-refractivity contribution in [3.63, 3.8) is 0 Å². The van der Waals surface area contributed by atoms with Gasteiger partial charge in [0.25, 0.3) is 0 Å². The van der Waals surface area contributed by atoms with E-state index in [1.807, 2.05) is 6.92 Å². The Morgan fingerprint density at radius 3 is 2.44 bits per heavy atom. The van der Waals surface area contributed by atoms with Gasteiger partial charge in [-0.15, -0.1) is 0 Å². The smallest absolute Gasteiger partial charge is 0.416 e. The van der Waals surface area contributed by atoms with Gasteiger partial charge >= 0.3 is 6.18 Å². The Bertz CT molecular complexity index is 390. The molecule has 0 saturated heterocycles. The van der Waals surface area contributed by atoms with Crippen molar-refractivity contribution < 1.29 is 17.9 Å². The Labute approximate surface area is 105 Å². The molecule has 1 atom stereocenters. The Kier molecular flexibility index (Phi) is 5.02. The fourth-order valence-corrected chi connectivity index (χ4v) is 1.77. The van der Waals surface area contributed by atoms with Crippen LogP contribution < -0.4 is 10.5 Å². The normalized spacial score (nSPS) is 13.4. The molecule has 0 amide bonds. The zero-order valence-electron chi connectivity index (χ0n) is 10.6. The highest BCUT2D eigenvalue weighted by molar-refractivity contribution is 5.40. The lowest BCUT2D eigenvalue weighted by Gasteiger charge is -2.18. The van der Waals surface area contributed by atoms with Gasteiger partial charge in [0.05, 0.1) is 12.2 Å². The first kappa shape index (κ1) is 14.8. The number of hydrogen-bond acceptors (Lipinski definition) is 2. The number of alkyl halides is 3. The summed E-state index contributed by atoms with van der Waals surface area (Å²) in [4.78, 5) is 0. The molecule has 1 aromatic rings. The summed E-state index contributed by atoms with van der Waals surface area (Å²) in [7, 11) is 0. The lowest BCUT2D eigenvalue weighted by molar-refractivity contribution is -0.137. The van der Waals surface area contributed by atoms with E-state index in [-0.39, 0.29) is 0 Å². The Morgan fingerprint density at radius 1 is 1.28 bits per heavy atom. The van der Waals surface area contributed by atoms with Crippen molar-refractivity contribution in [3.05, 3.63) is 29.3 Å². The zero-order chi connectivity index (χ0) is 13.8. The van der Waals surface area contributed by atoms with Crippen LogP contribution in [0.2, 0.25) is 0 Å². The molecule has 18 heavy (non-hydrogen) atoms. The van der Waals surface area contributed by atoms with Crippen molar-refractivity contribution in [2.45, 2.75) is 38.9 Å². The molecule has 0 bridgehead atoms. The first-order valence-electron chi connectivity index (χ1n) is 5.99. The Balaban J connectivity index is 3.15. The molecule has 0 aliphatic heterocycles. The van der Waals surface area contributed by atoms with Crippen molar-refractivity contribution in [2.75, 3.05) is 6.61 Å². The highest BCUT2D eigenvalue weighted by Crippen LogP contribution is 2.35. The maximum atomic E-state index is 12.7. The Morgan fingerprint density at radius 2 is 1.94 bits per heavy atom. The van der Waals surface area contributed by atoms with Crippen LogP contribution in [-0.4, -0.2) is 6.61 Å². The quantitative estimate of drug-likeness (QED) is 0.872. The van der Waals surface area contributed by atoms with Gasteiger partial charge < -0.3 is 10.5 Å². The van der Waals surface area contributed by atoms with Gasteiger partial charge in [-0.1, -0.05) is 13.3 Å². The van der Waals surface area contributed by atoms with Crippen LogP contribution in [0.5, 0.6) is 5.75 Å². The largest absolute Gasteiger partial charge is 0.494 e. The monoisotopic (exact) mass is 261 g/mol. The molecule has 0 aromatic heterocycles. The van der Waals surface area contributed by atoms with Crippen LogP contribution in [0.1, 0.15) is 43.9 Å². The van der Waals surface area contributed by atoms with E-state index in [0.29, 0.717) is 24.3 Å². The minimum absolute atomic E-state index is 0.400. The van der Waals surface area contributed by atoms with Gasteiger partial charge in [-0.3, -0.25) is 0 Å². The molecular weight excluding hydrogens is 243 g/mol. The molecule has 5 heteroatoms. The predicted molar refractivity (Wildman–Crippen MR) is 64.4 cm³/mol. The third-order valence-corrected chi connectivity index (χ3v) is 2.64. The molecule has 2 nitrogen and oxygen atoms in total. The molecule has 1 aromatic carbocycles. The van der Waals surface area contributed by atoms with E-state index < -0.39 is 17.8 Å². The van der Waals surface area contributed by atoms with Crippen molar-refractivity contribution in [1.29, 1.82) is 0 Å². The van der Waals surface area contributed by atoms with Crippen molar-refractivity contribution in [2.24, 2.45) is 5.73 Å². The van der Waals surface area contributed by atoms with Crippen molar-refractivity contribution >= 4 is 0 Å². The Hall–Kier alpha value is -1.23. The summed E-state index contributed by atoms with van der Waals surface area (Å²) < 4.78 is 43.3. The highest BCUT2D eigenvalue weighted by atomic mass is 19.4. The second-order valence-electron chi connectivity index (χ2n) is 4.08. The summed E-state index contributed by atoms with van der Waals surface area (Å²) in [6.45, 7) is 4.12. The van der Waals surface area contributed by atoms with Crippen LogP contribution in [0.3, 0.4) is 0 Å². The summed E-state index contributed by atoms with van der Waals surface area (Å²) in [5.41, 5.74) is 5.64. The molecule has 2 N–H and O–H groups in total. The molecule has 0 radical (unpaired) electrons. The summed E-state index contributed by atoms with van der Waals surface area (Å²) in [5, 5.41) is 0. The van der Waals surface area contributed by atoms with E-state index >= 15 is 0 Å². The second-order valence-corrected chi connectivity index (χ2v) is 4.08. The minimum Gasteiger partial charge on any atom is -0.494 e.